The van der Waals surface area contributed by atoms with Crippen LogP contribution in [0.15, 0.2) is 41.0 Å². The minimum atomic E-state index is -3.82. The van der Waals surface area contributed by atoms with Crippen LogP contribution in [0.1, 0.15) is 45.4 Å². The summed E-state index contributed by atoms with van der Waals surface area (Å²) in [6, 6.07) is 6.26. The standard InChI is InChI=1S/C24H36N2O7S/c1-18-16-22(24(28)25-19-6-4-3-5-7-19)33-23(17-18)32-15-13-26(12-14-27)34(29,30)21-10-8-20(31-2)9-11-21/h8-11,16,18-19,23,27H,3-7,12-15,17H2,1-2H3,(H,25,28)/t18-,23+/m1/s1. The van der Waals surface area contributed by atoms with Crippen LogP contribution in [0.2, 0.25) is 0 Å². The molecule has 0 aromatic heterocycles. The summed E-state index contributed by atoms with van der Waals surface area (Å²) >= 11 is 0. The molecular weight excluding hydrogens is 460 g/mol. The number of rotatable bonds is 11. The van der Waals surface area contributed by atoms with E-state index >= 15 is 0 Å². The maximum atomic E-state index is 13.0. The van der Waals surface area contributed by atoms with Gasteiger partial charge in [-0.3, -0.25) is 4.79 Å². The minimum Gasteiger partial charge on any atom is -0.497 e. The summed E-state index contributed by atoms with van der Waals surface area (Å²) in [4.78, 5) is 12.8. The van der Waals surface area contributed by atoms with Crippen molar-refractivity contribution in [3.8, 4) is 5.75 Å². The number of nitrogens with zero attached hydrogens (tertiary/aromatic N) is 1. The van der Waals surface area contributed by atoms with Crippen molar-refractivity contribution >= 4 is 15.9 Å². The van der Waals surface area contributed by atoms with Crippen molar-refractivity contribution in [2.75, 3.05) is 33.4 Å². The van der Waals surface area contributed by atoms with Crippen LogP contribution in [-0.2, 0) is 24.3 Å². The second-order valence-electron chi connectivity index (χ2n) is 8.77. The SMILES string of the molecule is COc1ccc(S(=O)(=O)N(CCO)CCO[C@@H]2C[C@H](C)C=C(C(=O)NC3CCCCC3)O2)cc1. The Hall–Kier alpha value is -2.14. The fourth-order valence-electron chi connectivity index (χ4n) is 4.24. The third-order valence-electron chi connectivity index (χ3n) is 6.11. The number of carbonyl (C=O) groups is 1. The number of aliphatic hydroxyl groups excluding tert-OH is 1. The number of carbonyl (C=O) groups excluding carboxylic acids is 1. The highest BCUT2D eigenvalue weighted by atomic mass is 32.2. The van der Waals surface area contributed by atoms with E-state index in [9.17, 15) is 18.3 Å². The molecule has 1 aliphatic heterocycles. The lowest BCUT2D eigenvalue weighted by molar-refractivity contribution is -0.149. The zero-order chi connectivity index (χ0) is 24.6. The van der Waals surface area contributed by atoms with Gasteiger partial charge in [0.1, 0.15) is 5.75 Å². The molecule has 0 bridgehead atoms. The van der Waals surface area contributed by atoms with Crippen molar-refractivity contribution in [1.82, 2.24) is 9.62 Å². The molecule has 0 unspecified atom stereocenters. The first-order chi connectivity index (χ1) is 16.3. The van der Waals surface area contributed by atoms with Crippen LogP contribution in [0.25, 0.3) is 0 Å². The van der Waals surface area contributed by atoms with E-state index in [-0.39, 0.29) is 54.8 Å². The van der Waals surface area contributed by atoms with Crippen molar-refractivity contribution in [2.24, 2.45) is 5.92 Å². The van der Waals surface area contributed by atoms with Gasteiger partial charge in [-0.05, 0) is 49.1 Å². The summed E-state index contributed by atoms with van der Waals surface area (Å²) in [5.74, 6) is 0.668. The summed E-state index contributed by atoms with van der Waals surface area (Å²) in [7, 11) is -2.31. The minimum absolute atomic E-state index is 0.0382. The van der Waals surface area contributed by atoms with E-state index in [1.165, 1.54) is 30.0 Å². The monoisotopic (exact) mass is 496 g/mol. The van der Waals surface area contributed by atoms with Gasteiger partial charge in [-0.2, -0.15) is 4.31 Å². The highest BCUT2D eigenvalue weighted by Crippen LogP contribution is 2.25. The van der Waals surface area contributed by atoms with Crippen molar-refractivity contribution in [3.63, 3.8) is 0 Å². The van der Waals surface area contributed by atoms with E-state index in [0.29, 0.717) is 12.2 Å². The molecule has 2 aliphatic rings. The molecule has 1 heterocycles. The quantitative estimate of drug-likeness (QED) is 0.484. The van der Waals surface area contributed by atoms with E-state index in [2.05, 4.69) is 5.32 Å². The molecule has 1 aliphatic carbocycles. The molecule has 1 fully saturated rings. The zero-order valence-corrected chi connectivity index (χ0v) is 20.8. The number of sulfonamides is 1. The highest BCUT2D eigenvalue weighted by molar-refractivity contribution is 7.89. The molecule has 34 heavy (non-hydrogen) atoms. The van der Waals surface area contributed by atoms with Crippen LogP contribution in [0, 0.1) is 5.92 Å². The van der Waals surface area contributed by atoms with Gasteiger partial charge >= 0.3 is 0 Å². The Kier molecular flexibility index (Phi) is 9.75. The Morgan fingerprint density at radius 3 is 2.53 bits per heavy atom. The van der Waals surface area contributed by atoms with Crippen LogP contribution >= 0.6 is 0 Å². The fraction of sp³-hybridized carbons (Fsp3) is 0.625. The van der Waals surface area contributed by atoms with E-state index in [4.69, 9.17) is 14.2 Å². The van der Waals surface area contributed by atoms with Gasteiger partial charge in [-0.1, -0.05) is 26.2 Å². The molecule has 0 saturated heterocycles. The second-order valence-corrected chi connectivity index (χ2v) is 10.7. The smallest absolute Gasteiger partial charge is 0.286 e. The largest absolute Gasteiger partial charge is 0.497 e. The molecule has 190 valence electrons. The first-order valence-electron chi connectivity index (χ1n) is 11.9. The molecule has 1 saturated carbocycles. The van der Waals surface area contributed by atoms with Gasteiger partial charge in [-0.15, -0.1) is 0 Å². The molecule has 0 radical (unpaired) electrons. The van der Waals surface area contributed by atoms with E-state index in [1.54, 1.807) is 12.1 Å². The normalized spacial score (nSPS) is 21.6. The summed E-state index contributed by atoms with van der Waals surface area (Å²) in [5.41, 5.74) is 0. The summed E-state index contributed by atoms with van der Waals surface area (Å²) < 4.78 is 43.9. The maximum absolute atomic E-state index is 13.0. The molecule has 1 amide bonds. The first-order valence-corrected chi connectivity index (χ1v) is 13.3. The highest BCUT2D eigenvalue weighted by Gasteiger charge is 2.29. The van der Waals surface area contributed by atoms with Crippen molar-refractivity contribution < 1.29 is 32.5 Å². The molecular formula is C24H36N2O7S. The predicted octanol–water partition coefficient (Wildman–Crippen LogP) is 2.41. The van der Waals surface area contributed by atoms with Crippen LogP contribution in [-0.4, -0.2) is 69.5 Å². The van der Waals surface area contributed by atoms with E-state index in [1.807, 2.05) is 13.0 Å². The molecule has 1 aromatic carbocycles. The second kappa shape index (κ2) is 12.5. The number of aliphatic hydroxyl groups is 1. The predicted molar refractivity (Wildman–Crippen MR) is 127 cm³/mol. The number of amides is 1. The number of methoxy groups -OCH3 is 1. The molecule has 2 atom stereocenters. The van der Waals surface area contributed by atoms with E-state index < -0.39 is 16.3 Å². The number of allylic oxidation sites excluding steroid dienone is 1. The van der Waals surface area contributed by atoms with Gasteiger partial charge in [0.05, 0.1) is 25.2 Å². The number of hydrogen-bond acceptors (Lipinski definition) is 7. The Balaban J connectivity index is 1.55. The number of ether oxygens (including phenoxy) is 3. The average molecular weight is 497 g/mol. The fourth-order valence-corrected chi connectivity index (χ4v) is 5.66. The Morgan fingerprint density at radius 2 is 1.88 bits per heavy atom. The molecule has 2 N–H and O–H groups in total. The number of nitrogens with one attached hydrogen (secondary N) is 1. The van der Waals surface area contributed by atoms with Crippen molar-refractivity contribution in [1.29, 1.82) is 0 Å². The zero-order valence-electron chi connectivity index (χ0n) is 19.9. The summed E-state index contributed by atoms with van der Waals surface area (Å²) in [6.45, 7) is 1.70. The van der Waals surface area contributed by atoms with Gasteiger partial charge in [0, 0.05) is 25.6 Å². The first kappa shape index (κ1) is 26.5. The van der Waals surface area contributed by atoms with Gasteiger partial charge in [0.25, 0.3) is 5.91 Å². The maximum Gasteiger partial charge on any atom is 0.286 e. The van der Waals surface area contributed by atoms with Crippen molar-refractivity contribution in [2.45, 2.75) is 62.7 Å². The molecule has 0 spiro atoms. The van der Waals surface area contributed by atoms with Gasteiger partial charge < -0.3 is 24.6 Å². The van der Waals surface area contributed by atoms with E-state index in [0.717, 1.165) is 25.7 Å². The molecule has 1 aromatic rings. The van der Waals surface area contributed by atoms with Crippen LogP contribution in [0.5, 0.6) is 5.75 Å². The van der Waals surface area contributed by atoms with Crippen LogP contribution in [0.3, 0.4) is 0 Å². The Bertz CT molecular complexity index is 927. The third kappa shape index (κ3) is 7.18. The lowest BCUT2D eigenvalue weighted by atomic mass is 9.95. The molecule has 3 rings (SSSR count). The third-order valence-corrected chi connectivity index (χ3v) is 8.03. The Labute approximate surface area is 202 Å². The number of hydrogen-bond donors (Lipinski definition) is 2. The van der Waals surface area contributed by atoms with Crippen molar-refractivity contribution in [3.05, 3.63) is 36.1 Å². The molecule has 10 heteroatoms. The van der Waals surface area contributed by atoms with Crippen LogP contribution < -0.4 is 10.1 Å². The topological polar surface area (TPSA) is 114 Å². The van der Waals surface area contributed by atoms with Crippen LogP contribution in [0.4, 0.5) is 0 Å². The van der Waals surface area contributed by atoms with Gasteiger partial charge in [0.15, 0.2) is 5.76 Å². The molecule has 9 nitrogen and oxygen atoms in total. The van der Waals surface area contributed by atoms with Gasteiger partial charge in [0.2, 0.25) is 16.3 Å². The summed E-state index contributed by atoms with van der Waals surface area (Å²) in [5, 5.41) is 12.5. The number of benzene rings is 1. The lowest BCUT2D eigenvalue weighted by Gasteiger charge is -2.30. The summed E-state index contributed by atoms with van der Waals surface area (Å²) in [6.07, 6.45) is 7.14. The van der Waals surface area contributed by atoms with Gasteiger partial charge in [-0.25, -0.2) is 8.42 Å². The Morgan fingerprint density at radius 1 is 1.18 bits per heavy atom. The average Bonchev–Trinajstić information content (AvgIpc) is 2.83. The lowest BCUT2D eigenvalue weighted by Crippen LogP contribution is -2.40.